The average molecular weight is 507 g/mol. The predicted octanol–water partition coefficient (Wildman–Crippen LogP) is 3.97. The molecular formula is C24H35ClN6O2S. The molecular weight excluding hydrogens is 472 g/mol. The molecule has 1 saturated heterocycles. The van der Waals surface area contributed by atoms with Gasteiger partial charge < -0.3 is 20.6 Å². The second-order valence-electron chi connectivity index (χ2n) is 7.85. The van der Waals surface area contributed by atoms with Crippen molar-refractivity contribution in [2.24, 2.45) is 0 Å². The van der Waals surface area contributed by atoms with Gasteiger partial charge in [-0.05, 0) is 40.2 Å². The Hall–Kier alpha value is -2.33. The number of aliphatic hydroxyl groups is 1. The number of aliphatic hydroxyl groups excluding tert-OH is 1. The van der Waals surface area contributed by atoms with Crippen LogP contribution in [0.3, 0.4) is 0 Å². The van der Waals surface area contributed by atoms with E-state index in [1.165, 1.54) is 11.8 Å². The van der Waals surface area contributed by atoms with Gasteiger partial charge in [-0.15, -0.1) is 0 Å². The monoisotopic (exact) mass is 506 g/mol. The van der Waals surface area contributed by atoms with E-state index < -0.39 is 0 Å². The van der Waals surface area contributed by atoms with Gasteiger partial charge in [0.05, 0.1) is 22.2 Å². The van der Waals surface area contributed by atoms with Crippen LogP contribution in [0.1, 0.15) is 33.5 Å². The van der Waals surface area contributed by atoms with E-state index in [1.807, 2.05) is 32.9 Å². The molecule has 0 unspecified atom stereocenters. The molecule has 186 valence electrons. The van der Waals surface area contributed by atoms with Crippen LogP contribution in [0.4, 0.5) is 11.6 Å². The Kier molecular flexibility index (Phi) is 11.1. The van der Waals surface area contributed by atoms with Crippen molar-refractivity contribution in [2.75, 3.05) is 49.5 Å². The summed E-state index contributed by atoms with van der Waals surface area (Å²) in [4.78, 5) is 26.8. The van der Waals surface area contributed by atoms with Crippen molar-refractivity contribution in [1.29, 1.82) is 0 Å². The maximum absolute atomic E-state index is 12.8. The van der Waals surface area contributed by atoms with Gasteiger partial charge in [0.25, 0.3) is 5.91 Å². The normalized spacial score (nSPS) is 16.3. The molecule has 10 heteroatoms. The number of allylic oxidation sites excluding steroid dienone is 4. The standard InChI is InChI=1S/C24H35ClN6O2S/c1-7-16(3)23(17(4)25)29-24(33)20(8-2)34-19(6)28-21-15-22(27-18(5)26-21)31-11-9-30(10-12-31)13-14-32/h7-8,15,32H,6,9-14H2,1-5H3,(H,29,33)(H,26,27,28)/b16-7-,20-8-,23-17-. The predicted molar refractivity (Wildman–Crippen MR) is 143 cm³/mol. The van der Waals surface area contributed by atoms with E-state index in [2.05, 4.69) is 37.0 Å². The maximum Gasteiger partial charge on any atom is 0.262 e. The van der Waals surface area contributed by atoms with Crippen molar-refractivity contribution in [3.05, 3.63) is 56.9 Å². The molecule has 1 aliphatic heterocycles. The molecule has 2 heterocycles. The number of thioether (sulfide) groups is 1. The van der Waals surface area contributed by atoms with Crippen LogP contribution in [0.25, 0.3) is 0 Å². The highest BCUT2D eigenvalue weighted by Gasteiger charge is 2.19. The Morgan fingerprint density at radius 1 is 1.24 bits per heavy atom. The number of rotatable bonds is 10. The van der Waals surface area contributed by atoms with Gasteiger partial charge in [-0.1, -0.05) is 42.1 Å². The summed E-state index contributed by atoms with van der Waals surface area (Å²) in [6.45, 7) is 17.5. The third kappa shape index (κ3) is 8.16. The van der Waals surface area contributed by atoms with Gasteiger partial charge in [0.1, 0.15) is 17.5 Å². The van der Waals surface area contributed by atoms with E-state index in [1.54, 1.807) is 19.9 Å². The second kappa shape index (κ2) is 13.5. The van der Waals surface area contributed by atoms with Crippen LogP contribution in [0.15, 0.2) is 51.0 Å². The number of carbonyl (C=O) groups is 1. The first-order valence-corrected chi connectivity index (χ1v) is 12.4. The summed E-state index contributed by atoms with van der Waals surface area (Å²) < 4.78 is 0. The van der Waals surface area contributed by atoms with Crippen LogP contribution in [0.5, 0.6) is 0 Å². The molecule has 34 heavy (non-hydrogen) atoms. The molecule has 0 aromatic carbocycles. The number of hydrogen-bond donors (Lipinski definition) is 3. The highest BCUT2D eigenvalue weighted by Crippen LogP contribution is 2.27. The van der Waals surface area contributed by atoms with Gasteiger partial charge in [0, 0.05) is 43.8 Å². The van der Waals surface area contributed by atoms with Crippen LogP contribution < -0.4 is 15.5 Å². The number of halogens is 1. The topological polar surface area (TPSA) is 93.6 Å². The molecule has 1 amide bonds. The van der Waals surface area contributed by atoms with Gasteiger partial charge in [-0.2, -0.15) is 0 Å². The third-order valence-electron chi connectivity index (χ3n) is 5.33. The number of β-amino-alcohol motifs (C(OH)–C–C–N with tert-alkyl or cyclic N) is 1. The summed E-state index contributed by atoms with van der Waals surface area (Å²) in [5, 5.41) is 16.3. The van der Waals surface area contributed by atoms with Crippen molar-refractivity contribution in [3.63, 3.8) is 0 Å². The lowest BCUT2D eigenvalue weighted by molar-refractivity contribution is -0.116. The molecule has 1 aliphatic rings. The van der Waals surface area contributed by atoms with E-state index in [9.17, 15) is 4.79 Å². The lowest BCUT2D eigenvalue weighted by Crippen LogP contribution is -2.47. The highest BCUT2D eigenvalue weighted by atomic mass is 35.5. The molecule has 2 rings (SSSR count). The van der Waals surface area contributed by atoms with Crippen molar-refractivity contribution in [1.82, 2.24) is 20.2 Å². The molecule has 0 atom stereocenters. The number of amides is 1. The summed E-state index contributed by atoms with van der Waals surface area (Å²) >= 11 is 7.40. The molecule has 1 fully saturated rings. The number of anilines is 2. The smallest absolute Gasteiger partial charge is 0.262 e. The molecule has 0 bridgehead atoms. The van der Waals surface area contributed by atoms with Crippen LogP contribution >= 0.6 is 23.4 Å². The van der Waals surface area contributed by atoms with E-state index in [4.69, 9.17) is 16.7 Å². The molecule has 1 aromatic rings. The van der Waals surface area contributed by atoms with Gasteiger partial charge in [0.2, 0.25) is 0 Å². The Balaban J connectivity index is 2.05. The Morgan fingerprint density at radius 3 is 2.47 bits per heavy atom. The first kappa shape index (κ1) is 27.9. The van der Waals surface area contributed by atoms with Crippen molar-refractivity contribution in [2.45, 2.75) is 34.6 Å². The molecule has 0 radical (unpaired) electrons. The van der Waals surface area contributed by atoms with Gasteiger partial charge >= 0.3 is 0 Å². The number of carbonyl (C=O) groups excluding carboxylic acids is 1. The minimum atomic E-state index is -0.257. The van der Waals surface area contributed by atoms with Crippen molar-refractivity contribution < 1.29 is 9.90 Å². The first-order chi connectivity index (χ1) is 16.2. The zero-order valence-electron chi connectivity index (χ0n) is 20.6. The Bertz CT molecular complexity index is 980. The minimum Gasteiger partial charge on any atom is -0.395 e. The highest BCUT2D eigenvalue weighted by molar-refractivity contribution is 8.07. The zero-order chi connectivity index (χ0) is 25.3. The lowest BCUT2D eigenvalue weighted by Gasteiger charge is -2.35. The van der Waals surface area contributed by atoms with Crippen molar-refractivity contribution in [3.8, 4) is 0 Å². The van der Waals surface area contributed by atoms with Gasteiger partial charge in [-0.25, -0.2) is 9.97 Å². The second-order valence-corrected chi connectivity index (χ2v) is 9.55. The van der Waals surface area contributed by atoms with Crippen LogP contribution in [0.2, 0.25) is 0 Å². The number of piperazine rings is 1. The Labute approximate surface area is 211 Å². The van der Waals surface area contributed by atoms with Crippen molar-refractivity contribution >= 4 is 40.9 Å². The third-order valence-corrected chi connectivity index (χ3v) is 6.51. The summed E-state index contributed by atoms with van der Waals surface area (Å²) in [5.41, 5.74) is 1.49. The number of nitrogens with zero attached hydrogens (tertiary/aromatic N) is 4. The molecule has 0 aliphatic carbocycles. The minimum absolute atomic E-state index is 0.171. The fraction of sp³-hybridized carbons (Fsp3) is 0.458. The van der Waals surface area contributed by atoms with Gasteiger partial charge in [-0.3, -0.25) is 9.69 Å². The molecule has 0 spiro atoms. The molecule has 8 nitrogen and oxygen atoms in total. The van der Waals surface area contributed by atoms with Crippen LogP contribution in [0, 0.1) is 6.92 Å². The summed E-state index contributed by atoms with van der Waals surface area (Å²) in [5.74, 6) is 1.85. The largest absolute Gasteiger partial charge is 0.395 e. The molecule has 3 N–H and O–H groups in total. The van der Waals surface area contributed by atoms with E-state index in [0.29, 0.717) is 38.9 Å². The fourth-order valence-electron chi connectivity index (χ4n) is 3.43. The fourth-order valence-corrected chi connectivity index (χ4v) is 4.31. The average Bonchev–Trinajstić information content (AvgIpc) is 2.80. The van der Waals surface area contributed by atoms with Crippen LogP contribution in [-0.4, -0.2) is 65.2 Å². The SMILES string of the molecule is C=C(Nc1cc(N2CCN(CCO)CC2)nc(C)n1)S/C(=C\C)C(=O)NC(/C(C)=C\C)=C(/C)Cl. The summed E-state index contributed by atoms with van der Waals surface area (Å²) in [6, 6.07) is 1.89. The quantitative estimate of drug-likeness (QED) is 0.324. The maximum atomic E-state index is 12.8. The van der Waals surface area contributed by atoms with E-state index >= 15 is 0 Å². The summed E-state index contributed by atoms with van der Waals surface area (Å²) in [7, 11) is 0. The summed E-state index contributed by atoms with van der Waals surface area (Å²) in [6.07, 6.45) is 3.63. The number of aromatic nitrogens is 2. The number of hydrogen-bond acceptors (Lipinski definition) is 8. The molecule has 1 aromatic heterocycles. The number of aryl methyl sites for hydroxylation is 1. The van der Waals surface area contributed by atoms with Crippen LogP contribution in [-0.2, 0) is 4.79 Å². The van der Waals surface area contributed by atoms with Gasteiger partial charge in [0.15, 0.2) is 0 Å². The number of nitrogens with one attached hydrogen (secondary N) is 2. The zero-order valence-corrected chi connectivity index (χ0v) is 22.2. The van der Waals surface area contributed by atoms with E-state index in [0.717, 1.165) is 37.6 Å². The molecule has 0 saturated carbocycles. The Morgan fingerprint density at radius 2 is 1.91 bits per heavy atom. The first-order valence-electron chi connectivity index (χ1n) is 11.2. The lowest BCUT2D eigenvalue weighted by atomic mass is 10.2. The van der Waals surface area contributed by atoms with E-state index in [-0.39, 0.29) is 12.5 Å².